The number of para-hydroxylation sites is 3. The van der Waals surface area contributed by atoms with Crippen molar-refractivity contribution >= 4 is 38.3 Å². The number of carbonyl (C=O) groups excluding carboxylic acids is 1. The third-order valence-corrected chi connectivity index (χ3v) is 6.82. The Balaban J connectivity index is 1.45. The molecule has 32 heavy (non-hydrogen) atoms. The van der Waals surface area contributed by atoms with Crippen molar-refractivity contribution in [2.45, 2.75) is 12.8 Å². The first-order valence-corrected chi connectivity index (χ1v) is 12.2. The van der Waals surface area contributed by atoms with E-state index in [0.29, 0.717) is 29.3 Å². The first kappa shape index (κ1) is 20.3. The zero-order chi connectivity index (χ0) is 22.3. The molecule has 0 spiro atoms. The van der Waals surface area contributed by atoms with E-state index in [1.807, 2.05) is 48.5 Å². The van der Waals surface area contributed by atoms with E-state index >= 15 is 0 Å². The van der Waals surface area contributed by atoms with Crippen LogP contribution in [0.4, 0.5) is 11.4 Å². The van der Waals surface area contributed by atoms with Gasteiger partial charge in [-0.3, -0.25) is 9.10 Å². The number of H-pyrrole nitrogens is 1. The number of sulfonamides is 1. The zero-order valence-electron chi connectivity index (χ0n) is 17.5. The van der Waals surface area contributed by atoms with E-state index < -0.39 is 10.0 Å². The van der Waals surface area contributed by atoms with Crippen molar-refractivity contribution in [2.24, 2.45) is 0 Å². The van der Waals surface area contributed by atoms with E-state index in [-0.39, 0.29) is 5.91 Å². The Hall–Kier alpha value is -3.65. The van der Waals surface area contributed by atoms with E-state index in [1.54, 1.807) is 18.2 Å². The van der Waals surface area contributed by atoms with Gasteiger partial charge in [-0.15, -0.1) is 0 Å². The van der Waals surface area contributed by atoms with Gasteiger partial charge in [-0.25, -0.2) is 13.4 Å². The smallest absolute Gasteiger partial charge is 0.255 e. The molecule has 0 radical (unpaired) electrons. The number of anilines is 2. The Morgan fingerprint density at radius 2 is 1.84 bits per heavy atom. The molecule has 3 aromatic carbocycles. The Kier molecular flexibility index (Phi) is 4.94. The summed E-state index contributed by atoms with van der Waals surface area (Å²) in [5.41, 5.74) is 5.21. The molecular formula is C24H22N4O3S. The molecule has 0 bridgehead atoms. The topological polar surface area (TPSA) is 95.2 Å². The summed E-state index contributed by atoms with van der Waals surface area (Å²) in [5, 5.41) is 2.99. The summed E-state index contributed by atoms with van der Waals surface area (Å²) in [5.74, 6) is 0.421. The second kappa shape index (κ2) is 7.80. The predicted octanol–water partition coefficient (Wildman–Crippen LogP) is 4.19. The number of nitrogens with zero attached hydrogens (tertiary/aromatic N) is 2. The van der Waals surface area contributed by atoms with Crippen molar-refractivity contribution in [3.05, 3.63) is 77.9 Å². The standard InChI is InChI=1S/C24H22N4O3S/c1-32(30,31)28-14-6-7-16-15-17(12-13-22(16)28)24(29)27-19-9-3-2-8-18(19)23-25-20-10-4-5-11-21(20)26-23/h2-5,8-13,15H,6-7,14H2,1H3,(H,25,26)(H,27,29). The second-order valence-electron chi connectivity index (χ2n) is 7.88. The molecule has 2 heterocycles. The molecule has 0 atom stereocenters. The Morgan fingerprint density at radius 3 is 2.66 bits per heavy atom. The van der Waals surface area contributed by atoms with Crippen LogP contribution in [-0.4, -0.2) is 37.1 Å². The fraction of sp³-hybridized carbons (Fsp3) is 0.167. The number of aromatic amines is 1. The lowest BCUT2D eigenvalue weighted by Gasteiger charge is -2.29. The van der Waals surface area contributed by atoms with Crippen molar-refractivity contribution in [1.82, 2.24) is 9.97 Å². The van der Waals surface area contributed by atoms with Gasteiger partial charge < -0.3 is 10.3 Å². The highest BCUT2D eigenvalue weighted by Gasteiger charge is 2.25. The number of imidazole rings is 1. The van der Waals surface area contributed by atoms with Crippen LogP contribution in [0.1, 0.15) is 22.3 Å². The first-order valence-electron chi connectivity index (χ1n) is 10.4. The van der Waals surface area contributed by atoms with E-state index in [2.05, 4.69) is 15.3 Å². The molecule has 4 aromatic rings. The SMILES string of the molecule is CS(=O)(=O)N1CCCc2cc(C(=O)Nc3ccccc3-c3nc4ccccc4[nH]3)ccc21. The highest BCUT2D eigenvalue weighted by molar-refractivity contribution is 7.92. The third kappa shape index (κ3) is 3.73. The van der Waals surface area contributed by atoms with Crippen LogP contribution < -0.4 is 9.62 Å². The molecular weight excluding hydrogens is 424 g/mol. The fourth-order valence-electron chi connectivity index (χ4n) is 4.12. The maximum atomic E-state index is 13.1. The van der Waals surface area contributed by atoms with E-state index in [1.165, 1.54) is 10.6 Å². The minimum Gasteiger partial charge on any atom is -0.338 e. The van der Waals surface area contributed by atoms with Gasteiger partial charge in [0.1, 0.15) is 5.82 Å². The van der Waals surface area contributed by atoms with Crippen LogP contribution in [0.25, 0.3) is 22.4 Å². The number of nitrogens with one attached hydrogen (secondary N) is 2. The summed E-state index contributed by atoms with van der Waals surface area (Å²) in [6, 6.07) is 20.4. The largest absolute Gasteiger partial charge is 0.338 e. The summed E-state index contributed by atoms with van der Waals surface area (Å²) in [6.45, 7) is 0.461. The zero-order valence-corrected chi connectivity index (χ0v) is 18.3. The van der Waals surface area contributed by atoms with Gasteiger partial charge in [0.15, 0.2) is 0 Å². The molecule has 2 N–H and O–H groups in total. The Labute approximate surface area is 186 Å². The lowest BCUT2D eigenvalue weighted by Crippen LogP contribution is -2.34. The van der Waals surface area contributed by atoms with E-state index in [0.717, 1.165) is 35.0 Å². The van der Waals surface area contributed by atoms with Crippen LogP contribution >= 0.6 is 0 Å². The number of hydrogen-bond donors (Lipinski definition) is 2. The number of fused-ring (bicyclic) bond motifs is 2. The number of hydrogen-bond acceptors (Lipinski definition) is 4. The number of carbonyl (C=O) groups is 1. The molecule has 0 unspecified atom stereocenters. The maximum Gasteiger partial charge on any atom is 0.255 e. The van der Waals surface area contributed by atoms with Gasteiger partial charge in [0.05, 0.1) is 28.7 Å². The van der Waals surface area contributed by atoms with Crippen LogP contribution in [0.5, 0.6) is 0 Å². The highest BCUT2D eigenvalue weighted by atomic mass is 32.2. The van der Waals surface area contributed by atoms with Gasteiger partial charge in [0.25, 0.3) is 5.91 Å². The molecule has 0 aliphatic carbocycles. The third-order valence-electron chi connectivity index (χ3n) is 5.64. The van der Waals surface area contributed by atoms with E-state index in [4.69, 9.17) is 0 Å². The van der Waals surface area contributed by atoms with Crippen molar-refractivity contribution < 1.29 is 13.2 Å². The van der Waals surface area contributed by atoms with Crippen molar-refractivity contribution in [1.29, 1.82) is 0 Å². The molecule has 7 nitrogen and oxygen atoms in total. The van der Waals surface area contributed by atoms with E-state index in [9.17, 15) is 13.2 Å². The minimum absolute atomic E-state index is 0.257. The predicted molar refractivity (Wildman–Crippen MR) is 126 cm³/mol. The fourth-order valence-corrected chi connectivity index (χ4v) is 5.12. The van der Waals surface area contributed by atoms with Crippen LogP contribution in [-0.2, 0) is 16.4 Å². The molecule has 0 fully saturated rings. The van der Waals surface area contributed by atoms with Crippen molar-refractivity contribution in [3.63, 3.8) is 0 Å². The lowest BCUT2D eigenvalue weighted by atomic mass is 10.0. The van der Waals surface area contributed by atoms with Gasteiger partial charge in [-0.1, -0.05) is 24.3 Å². The molecule has 162 valence electrons. The van der Waals surface area contributed by atoms with Gasteiger partial charge in [0.2, 0.25) is 10.0 Å². The maximum absolute atomic E-state index is 13.1. The van der Waals surface area contributed by atoms with Crippen LogP contribution in [0.2, 0.25) is 0 Å². The second-order valence-corrected chi connectivity index (χ2v) is 9.79. The molecule has 8 heteroatoms. The minimum atomic E-state index is -3.35. The lowest BCUT2D eigenvalue weighted by molar-refractivity contribution is 0.102. The summed E-state index contributed by atoms with van der Waals surface area (Å²) in [6.07, 6.45) is 2.66. The van der Waals surface area contributed by atoms with Gasteiger partial charge in [-0.2, -0.15) is 0 Å². The van der Waals surface area contributed by atoms with Crippen molar-refractivity contribution in [2.75, 3.05) is 22.4 Å². The number of aromatic nitrogens is 2. The number of benzene rings is 3. The molecule has 1 amide bonds. The Morgan fingerprint density at radius 1 is 1.06 bits per heavy atom. The summed E-state index contributed by atoms with van der Waals surface area (Å²) in [4.78, 5) is 21.0. The normalized spacial score (nSPS) is 13.7. The van der Waals surface area contributed by atoms with Crippen LogP contribution in [0.15, 0.2) is 66.7 Å². The summed E-state index contributed by atoms with van der Waals surface area (Å²) in [7, 11) is -3.35. The molecule has 0 saturated heterocycles. The molecule has 5 rings (SSSR count). The van der Waals surface area contributed by atoms with Crippen molar-refractivity contribution in [3.8, 4) is 11.4 Å². The Bertz CT molecular complexity index is 1410. The van der Waals surface area contributed by atoms with Crippen LogP contribution in [0, 0.1) is 0 Å². The molecule has 1 aliphatic rings. The number of aryl methyl sites for hydroxylation is 1. The summed E-state index contributed by atoms with van der Waals surface area (Å²) < 4.78 is 25.6. The monoisotopic (exact) mass is 446 g/mol. The molecule has 1 aromatic heterocycles. The quantitative estimate of drug-likeness (QED) is 0.491. The van der Waals surface area contributed by atoms with Gasteiger partial charge in [0, 0.05) is 17.7 Å². The molecule has 1 aliphatic heterocycles. The first-order chi connectivity index (χ1) is 15.4. The number of amides is 1. The van der Waals surface area contributed by atoms with Gasteiger partial charge >= 0.3 is 0 Å². The summed E-state index contributed by atoms with van der Waals surface area (Å²) >= 11 is 0. The van der Waals surface area contributed by atoms with Crippen LogP contribution in [0.3, 0.4) is 0 Å². The average Bonchev–Trinajstić information content (AvgIpc) is 3.22. The molecule has 0 saturated carbocycles. The average molecular weight is 447 g/mol. The highest BCUT2D eigenvalue weighted by Crippen LogP contribution is 2.31. The van der Waals surface area contributed by atoms with Gasteiger partial charge in [-0.05, 0) is 60.9 Å². The number of rotatable bonds is 4.